The SMILES string of the molecule is C=CCN1C(=O)C(=c2sc3nc(=O)c(-c4ccccc4)nn3c2=O)c2cc(Br)ccc21. The molecule has 0 saturated heterocycles. The molecule has 152 valence electrons. The molecule has 0 atom stereocenters. The summed E-state index contributed by atoms with van der Waals surface area (Å²) in [5, 5.41) is 4.27. The van der Waals surface area contributed by atoms with Gasteiger partial charge in [0.1, 0.15) is 4.53 Å². The van der Waals surface area contributed by atoms with E-state index < -0.39 is 11.1 Å². The first kappa shape index (κ1) is 19.5. The van der Waals surface area contributed by atoms with Crippen molar-refractivity contribution in [2.75, 3.05) is 11.4 Å². The highest BCUT2D eigenvalue weighted by Gasteiger charge is 2.34. The molecule has 3 heterocycles. The number of thiazole rings is 1. The number of carbonyl (C=O) groups is 1. The molecule has 2 aromatic carbocycles. The van der Waals surface area contributed by atoms with E-state index in [0.717, 1.165) is 20.3 Å². The van der Waals surface area contributed by atoms with Crippen LogP contribution < -0.4 is 20.6 Å². The van der Waals surface area contributed by atoms with Crippen LogP contribution in [0.25, 0.3) is 21.8 Å². The van der Waals surface area contributed by atoms with Crippen LogP contribution in [0.2, 0.25) is 0 Å². The van der Waals surface area contributed by atoms with Crippen LogP contribution in [0.5, 0.6) is 0 Å². The van der Waals surface area contributed by atoms with Crippen molar-refractivity contribution < 1.29 is 4.79 Å². The third-order valence-electron chi connectivity index (χ3n) is 4.92. The van der Waals surface area contributed by atoms with Gasteiger partial charge in [-0.2, -0.15) is 14.6 Å². The fourth-order valence-electron chi connectivity index (χ4n) is 3.57. The average molecular weight is 493 g/mol. The molecule has 0 bridgehead atoms. The Morgan fingerprint density at radius 1 is 1.10 bits per heavy atom. The van der Waals surface area contributed by atoms with Gasteiger partial charge in [-0.1, -0.05) is 63.7 Å². The van der Waals surface area contributed by atoms with Gasteiger partial charge in [-0.05, 0) is 18.2 Å². The van der Waals surface area contributed by atoms with Crippen LogP contribution in [0.3, 0.4) is 0 Å². The largest absolute Gasteiger partial charge is 0.304 e. The molecule has 0 saturated carbocycles. The van der Waals surface area contributed by atoms with Gasteiger partial charge in [-0.25, -0.2) is 0 Å². The number of rotatable bonds is 3. The highest BCUT2D eigenvalue weighted by Crippen LogP contribution is 2.37. The van der Waals surface area contributed by atoms with Crippen molar-refractivity contribution in [3.63, 3.8) is 0 Å². The topological polar surface area (TPSA) is 84.6 Å². The number of hydrogen-bond donors (Lipinski definition) is 0. The Morgan fingerprint density at radius 3 is 2.61 bits per heavy atom. The first-order valence-electron chi connectivity index (χ1n) is 9.26. The Hall–Kier alpha value is -3.43. The van der Waals surface area contributed by atoms with Gasteiger partial charge in [-0.15, -0.1) is 6.58 Å². The summed E-state index contributed by atoms with van der Waals surface area (Å²) < 4.78 is 2.07. The number of benzene rings is 2. The molecule has 5 rings (SSSR count). The molecule has 0 N–H and O–H groups in total. The fourth-order valence-corrected chi connectivity index (χ4v) is 4.93. The Labute approximate surface area is 187 Å². The van der Waals surface area contributed by atoms with Crippen LogP contribution >= 0.6 is 27.3 Å². The molecule has 7 nitrogen and oxygen atoms in total. The van der Waals surface area contributed by atoms with E-state index in [4.69, 9.17) is 0 Å². The third kappa shape index (κ3) is 3.05. The average Bonchev–Trinajstić information content (AvgIpc) is 3.21. The zero-order chi connectivity index (χ0) is 21.7. The van der Waals surface area contributed by atoms with E-state index in [0.29, 0.717) is 23.4 Å². The second kappa shape index (κ2) is 7.36. The van der Waals surface area contributed by atoms with Gasteiger partial charge in [0.15, 0.2) is 5.69 Å². The van der Waals surface area contributed by atoms with Gasteiger partial charge in [0, 0.05) is 22.1 Å². The Morgan fingerprint density at radius 2 is 1.87 bits per heavy atom. The lowest BCUT2D eigenvalue weighted by atomic mass is 10.1. The number of nitrogens with zero attached hydrogens (tertiary/aromatic N) is 4. The van der Waals surface area contributed by atoms with Crippen LogP contribution in [-0.2, 0) is 4.79 Å². The quantitative estimate of drug-likeness (QED) is 0.410. The highest BCUT2D eigenvalue weighted by molar-refractivity contribution is 9.10. The number of amides is 1. The summed E-state index contributed by atoms with van der Waals surface area (Å²) in [5.41, 5.74) is 1.24. The minimum Gasteiger partial charge on any atom is -0.304 e. The molecular formula is C22H13BrN4O3S. The van der Waals surface area contributed by atoms with Crippen molar-refractivity contribution in [2.45, 2.75) is 0 Å². The summed E-state index contributed by atoms with van der Waals surface area (Å²) in [6, 6.07) is 14.3. The molecule has 1 amide bonds. The molecule has 0 radical (unpaired) electrons. The van der Waals surface area contributed by atoms with E-state index in [1.807, 2.05) is 18.2 Å². The maximum Gasteiger partial charge on any atom is 0.300 e. The molecule has 0 aliphatic carbocycles. The van der Waals surface area contributed by atoms with Gasteiger partial charge in [0.25, 0.3) is 11.5 Å². The molecular weight excluding hydrogens is 480 g/mol. The number of halogens is 1. The third-order valence-corrected chi connectivity index (χ3v) is 6.45. The first-order valence-corrected chi connectivity index (χ1v) is 10.9. The minimum absolute atomic E-state index is 0.0822. The lowest BCUT2D eigenvalue weighted by molar-refractivity contribution is -0.112. The van der Waals surface area contributed by atoms with E-state index in [9.17, 15) is 14.4 Å². The van der Waals surface area contributed by atoms with Gasteiger partial charge in [0.2, 0.25) is 4.96 Å². The predicted molar refractivity (Wildman–Crippen MR) is 123 cm³/mol. The molecule has 2 aromatic heterocycles. The zero-order valence-corrected chi connectivity index (χ0v) is 18.3. The van der Waals surface area contributed by atoms with Gasteiger partial charge in [-0.3, -0.25) is 14.4 Å². The molecule has 0 unspecified atom stereocenters. The zero-order valence-electron chi connectivity index (χ0n) is 15.9. The molecule has 1 aliphatic rings. The second-order valence-electron chi connectivity index (χ2n) is 6.80. The van der Waals surface area contributed by atoms with Gasteiger partial charge >= 0.3 is 5.56 Å². The van der Waals surface area contributed by atoms with Crippen molar-refractivity contribution in [2.24, 2.45) is 0 Å². The summed E-state index contributed by atoms with van der Waals surface area (Å²) in [5.74, 6) is -0.303. The predicted octanol–water partition coefficient (Wildman–Crippen LogP) is 2.39. The van der Waals surface area contributed by atoms with Crippen LogP contribution in [-0.4, -0.2) is 27.0 Å². The number of hydrogen-bond acceptors (Lipinski definition) is 6. The maximum atomic E-state index is 13.3. The summed E-state index contributed by atoms with van der Waals surface area (Å²) in [6.45, 7) is 4.03. The Bertz CT molecular complexity index is 1560. The molecule has 31 heavy (non-hydrogen) atoms. The first-order chi connectivity index (χ1) is 15.0. The van der Waals surface area contributed by atoms with E-state index in [-0.39, 0.29) is 26.7 Å². The molecule has 9 heteroatoms. The van der Waals surface area contributed by atoms with E-state index >= 15 is 0 Å². The summed E-state index contributed by atoms with van der Waals surface area (Å²) in [6.07, 6.45) is 1.63. The minimum atomic E-state index is -0.529. The van der Waals surface area contributed by atoms with Gasteiger partial charge < -0.3 is 4.90 Å². The number of fused-ring (bicyclic) bond motifs is 2. The van der Waals surface area contributed by atoms with Crippen molar-refractivity contribution >= 4 is 49.4 Å². The van der Waals surface area contributed by atoms with Crippen LogP contribution in [0.1, 0.15) is 5.56 Å². The summed E-state index contributed by atoms with van der Waals surface area (Å²) in [7, 11) is 0. The van der Waals surface area contributed by atoms with E-state index in [1.165, 1.54) is 0 Å². The monoisotopic (exact) mass is 492 g/mol. The Balaban J connectivity index is 1.83. The molecule has 4 aromatic rings. The normalized spacial score (nSPS) is 14.9. The van der Waals surface area contributed by atoms with E-state index in [2.05, 4.69) is 32.6 Å². The summed E-state index contributed by atoms with van der Waals surface area (Å²) >= 11 is 4.42. The fraction of sp³-hybridized carbons (Fsp3) is 0.0455. The number of aromatic nitrogens is 3. The number of anilines is 1. The molecule has 1 aliphatic heterocycles. The number of carbonyl (C=O) groups excluding carboxylic acids is 1. The van der Waals surface area contributed by atoms with Crippen LogP contribution in [0.15, 0.2) is 75.2 Å². The van der Waals surface area contributed by atoms with Crippen molar-refractivity contribution in [3.05, 3.63) is 96.5 Å². The van der Waals surface area contributed by atoms with Crippen LogP contribution in [0.4, 0.5) is 5.69 Å². The molecule has 0 spiro atoms. The standard InChI is InChI=1S/C22H13BrN4O3S/c1-2-10-26-15-9-8-13(23)11-14(15)16(20(26)29)18-21(30)27-22(31-18)24-19(28)17(25-27)12-6-4-3-5-7-12/h2-9,11H,1,10H2. The maximum absolute atomic E-state index is 13.3. The van der Waals surface area contributed by atoms with Crippen LogP contribution in [0, 0.1) is 0 Å². The van der Waals surface area contributed by atoms with E-state index in [1.54, 1.807) is 41.3 Å². The van der Waals surface area contributed by atoms with Crippen molar-refractivity contribution in [3.8, 4) is 11.3 Å². The lowest BCUT2D eigenvalue weighted by Gasteiger charge is -2.14. The summed E-state index contributed by atoms with van der Waals surface area (Å²) in [4.78, 5) is 44.8. The second-order valence-corrected chi connectivity index (χ2v) is 8.70. The smallest absolute Gasteiger partial charge is 0.300 e. The lowest BCUT2D eigenvalue weighted by Crippen LogP contribution is -2.33. The van der Waals surface area contributed by atoms with Gasteiger partial charge in [0.05, 0.1) is 11.3 Å². The van der Waals surface area contributed by atoms with Crippen molar-refractivity contribution in [1.29, 1.82) is 0 Å². The van der Waals surface area contributed by atoms with Crippen molar-refractivity contribution in [1.82, 2.24) is 14.6 Å². The Kier molecular flexibility index (Phi) is 4.64. The molecule has 0 fully saturated rings. The highest BCUT2D eigenvalue weighted by atomic mass is 79.9.